The monoisotopic (exact) mass is 449 g/mol. The normalized spacial score (nSPS) is 10.9. The number of nitriles is 1. The Morgan fingerprint density at radius 2 is 1.81 bits per heavy atom. The Kier molecular flexibility index (Phi) is 7.08. The van der Waals surface area contributed by atoms with Crippen molar-refractivity contribution in [3.63, 3.8) is 0 Å². The minimum absolute atomic E-state index is 0.102. The Bertz CT molecular complexity index is 1200. The minimum Gasteiger partial charge on any atom is -0.321 e. The van der Waals surface area contributed by atoms with Gasteiger partial charge in [-0.05, 0) is 61.0 Å². The molecule has 3 aromatic rings. The van der Waals surface area contributed by atoms with Crippen molar-refractivity contribution in [2.45, 2.75) is 16.7 Å². The van der Waals surface area contributed by atoms with E-state index < -0.39 is 10.8 Å². The molecule has 0 aliphatic heterocycles. The van der Waals surface area contributed by atoms with Gasteiger partial charge in [-0.1, -0.05) is 47.1 Å². The number of nitrogens with zero attached hydrogens (tertiary/aromatic N) is 2. The van der Waals surface area contributed by atoms with Gasteiger partial charge in [0.25, 0.3) is 11.6 Å². The van der Waals surface area contributed by atoms with Crippen LogP contribution in [0.15, 0.2) is 82.1 Å². The molecule has 0 fully saturated rings. The van der Waals surface area contributed by atoms with Gasteiger partial charge in [0, 0.05) is 21.7 Å². The van der Waals surface area contributed by atoms with Crippen LogP contribution in [0.3, 0.4) is 0 Å². The van der Waals surface area contributed by atoms with E-state index >= 15 is 0 Å². The Balaban J connectivity index is 1.85. The molecule has 0 aliphatic carbocycles. The fourth-order valence-electron chi connectivity index (χ4n) is 2.63. The van der Waals surface area contributed by atoms with Crippen molar-refractivity contribution in [1.29, 1.82) is 5.26 Å². The average molecular weight is 450 g/mol. The zero-order valence-electron chi connectivity index (χ0n) is 16.3. The molecule has 8 heteroatoms. The van der Waals surface area contributed by atoms with E-state index in [9.17, 15) is 20.2 Å². The number of anilines is 1. The highest BCUT2D eigenvalue weighted by molar-refractivity contribution is 7.99. The van der Waals surface area contributed by atoms with Crippen LogP contribution >= 0.6 is 23.4 Å². The van der Waals surface area contributed by atoms with E-state index in [4.69, 9.17) is 11.6 Å². The number of hydrogen-bond acceptors (Lipinski definition) is 5. The first-order chi connectivity index (χ1) is 14.9. The van der Waals surface area contributed by atoms with Crippen LogP contribution in [-0.4, -0.2) is 10.8 Å². The van der Waals surface area contributed by atoms with Crippen molar-refractivity contribution in [3.05, 3.63) is 98.6 Å². The van der Waals surface area contributed by atoms with E-state index in [1.165, 1.54) is 23.9 Å². The molecule has 0 radical (unpaired) electrons. The molecule has 1 amide bonds. The molecular weight excluding hydrogens is 434 g/mol. The maximum absolute atomic E-state index is 12.4. The second kappa shape index (κ2) is 9.94. The van der Waals surface area contributed by atoms with Crippen molar-refractivity contribution < 1.29 is 9.72 Å². The molecule has 154 valence electrons. The average Bonchev–Trinajstić information content (AvgIpc) is 2.75. The van der Waals surface area contributed by atoms with Crippen molar-refractivity contribution in [2.24, 2.45) is 0 Å². The van der Waals surface area contributed by atoms with Crippen LogP contribution in [-0.2, 0) is 4.79 Å². The Morgan fingerprint density at radius 3 is 2.42 bits per heavy atom. The predicted molar refractivity (Wildman–Crippen MR) is 122 cm³/mol. The summed E-state index contributed by atoms with van der Waals surface area (Å²) in [6.45, 7) is 1.97. The molecule has 0 bridgehead atoms. The number of carbonyl (C=O) groups excluding carboxylic acids is 1. The van der Waals surface area contributed by atoms with Gasteiger partial charge >= 0.3 is 0 Å². The Hall–Kier alpha value is -3.60. The third kappa shape index (κ3) is 5.95. The van der Waals surface area contributed by atoms with Crippen molar-refractivity contribution >= 4 is 46.7 Å². The quantitative estimate of drug-likeness (QED) is 0.207. The molecule has 6 nitrogen and oxygen atoms in total. The molecule has 3 rings (SSSR count). The van der Waals surface area contributed by atoms with Crippen molar-refractivity contribution in [3.8, 4) is 6.07 Å². The summed E-state index contributed by atoms with van der Waals surface area (Å²) in [4.78, 5) is 24.9. The number of rotatable bonds is 6. The molecule has 0 saturated carbocycles. The number of nitrogens with one attached hydrogen (secondary N) is 1. The number of carbonyl (C=O) groups is 1. The number of benzene rings is 3. The molecular formula is C23H16ClN3O3S. The van der Waals surface area contributed by atoms with Gasteiger partial charge < -0.3 is 5.32 Å². The first-order valence-electron chi connectivity index (χ1n) is 9.07. The number of aryl methyl sites for hydroxylation is 1. The zero-order chi connectivity index (χ0) is 22.4. The lowest BCUT2D eigenvalue weighted by Crippen LogP contribution is -2.13. The molecule has 0 unspecified atom stereocenters. The van der Waals surface area contributed by atoms with E-state index in [-0.39, 0.29) is 11.3 Å². The number of nitro groups is 1. The van der Waals surface area contributed by atoms with E-state index in [1.54, 1.807) is 36.4 Å². The molecule has 0 saturated heterocycles. The second-order valence-corrected chi connectivity index (χ2v) is 8.08. The van der Waals surface area contributed by atoms with Gasteiger partial charge in [0.2, 0.25) is 0 Å². The summed E-state index contributed by atoms with van der Waals surface area (Å²) in [7, 11) is 0. The molecule has 0 spiro atoms. The summed E-state index contributed by atoms with van der Waals surface area (Å²) in [6, 6.07) is 20.5. The molecule has 0 atom stereocenters. The van der Waals surface area contributed by atoms with E-state index in [0.717, 1.165) is 10.5 Å². The maximum atomic E-state index is 12.4. The SMILES string of the molecule is Cc1ccc(Sc2ccc(/C=C(\C#N)C(=O)Nc3ccc(Cl)cc3)cc2[N+](=O)[O-])cc1. The second-order valence-electron chi connectivity index (χ2n) is 6.53. The smallest absolute Gasteiger partial charge is 0.283 e. The molecule has 0 heterocycles. The first-order valence-corrected chi connectivity index (χ1v) is 10.3. The van der Waals surface area contributed by atoms with Crippen LogP contribution in [0.4, 0.5) is 11.4 Å². The highest BCUT2D eigenvalue weighted by atomic mass is 35.5. The Labute approximate surface area is 188 Å². The van der Waals surface area contributed by atoms with Gasteiger partial charge in [0.05, 0.1) is 9.82 Å². The van der Waals surface area contributed by atoms with Crippen molar-refractivity contribution in [2.75, 3.05) is 5.32 Å². The molecule has 0 aromatic heterocycles. The fraction of sp³-hybridized carbons (Fsp3) is 0.0435. The lowest BCUT2D eigenvalue weighted by atomic mass is 10.1. The summed E-state index contributed by atoms with van der Waals surface area (Å²) >= 11 is 7.10. The lowest BCUT2D eigenvalue weighted by molar-refractivity contribution is -0.387. The highest BCUT2D eigenvalue weighted by Crippen LogP contribution is 2.35. The number of nitro benzene ring substituents is 1. The summed E-state index contributed by atoms with van der Waals surface area (Å²) in [6.07, 6.45) is 1.32. The third-order valence-corrected chi connectivity index (χ3v) is 5.53. The molecule has 3 aromatic carbocycles. The van der Waals surface area contributed by atoms with Gasteiger partial charge in [0.15, 0.2) is 0 Å². The fourth-order valence-corrected chi connectivity index (χ4v) is 3.66. The van der Waals surface area contributed by atoms with Crippen LogP contribution in [0.2, 0.25) is 5.02 Å². The van der Waals surface area contributed by atoms with Gasteiger partial charge in [-0.3, -0.25) is 14.9 Å². The third-order valence-electron chi connectivity index (χ3n) is 4.21. The van der Waals surface area contributed by atoms with Crippen molar-refractivity contribution in [1.82, 2.24) is 0 Å². The summed E-state index contributed by atoms with van der Waals surface area (Å²) in [5, 5.41) is 24.1. The van der Waals surface area contributed by atoms with Gasteiger partial charge in [-0.2, -0.15) is 5.26 Å². The van der Waals surface area contributed by atoms with E-state index in [2.05, 4.69) is 5.32 Å². The van der Waals surface area contributed by atoms with E-state index in [1.807, 2.05) is 37.3 Å². The van der Waals surface area contributed by atoms with E-state index in [0.29, 0.717) is 21.2 Å². The largest absolute Gasteiger partial charge is 0.321 e. The standard InChI is InChI=1S/C23H16ClN3O3S/c1-15-2-9-20(10-3-15)31-22-11-4-16(13-21(22)27(29)30)12-17(14-25)23(28)26-19-7-5-18(24)6-8-19/h2-13H,1H3,(H,26,28)/b17-12+. The summed E-state index contributed by atoms with van der Waals surface area (Å²) < 4.78 is 0. The first kappa shape index (κ1) is 22.1. The lowest BCUT2D eigenvalue weighted by Gasteiger charge is -2.06. The van der Waals surface area contributed by atoms with Gasteiger partial charge in [-0.25, -0.2) is 0 Å². The Morgan fingerprint density at radius 1 is 1.13 bits per heavy atom. The number of amides is 1. The van der Waals surface area contributed by atoms with Crippen LogP contribution < -0.4 is 5.32 Å². The van der Waals surface area contributed by atoms with Gasteiger partial charge in [0.1, 0.15) is 11.6 Å². The number of hydrogen-bond donors (Lipinski definition) is 1. The highest BCUT2D eigenvalue weighted by Gasteiger charge is 2.17. The summed E-state index contributed by atoms with van der Waals surface area (Å²) in [5.74, 6) is -0.620. The topological polar surface area (TPSA) is 96.0 Å². The van der Waals surface area contributed by atoms with Crippen LogP contribution in [0.1, 0.15) is 11.1 Å². The summed E-state index contributed by atoms with van der Waals surface area (Å²) in [5.41, 5.74) is 1.67. The maximum Gasteiger partial charge on any atom is 0.283 e. The van der Waals surface area contributed by atoms with Crippen LogP contribution in [0.5, 0.6) is 0 Å². The van der Waals surface area contributed by atoms with Crippen LogP contribution in [0, 0.1) is 28.4 Å². The molecule has 1 N–H and O–H groups in total. The minimum atomic E-state index is -0.620. The van der Waals surface area contributed by atoms with Gasteiger partial charge in [-0.15, -0.1) is 0 Å². The molecule has 31 heavy (non-hydrogen) atoms. The molecule has 0 aliphatic rings. The van der Waals surface area contributed by atoms with Crippen LogP contribution in [0.25, 0.3) is 6.08 Å². The predicted octanol–water partition coefficient (Wildman–Crippen LogP) is 6.25. The number of halogens is 1. The zero-order valence-corrected chi connectivity index (χ0v) is 17.9.